The number of hydrogen-bond acceptors (Lipinski definition) is 2. The van der Waals surface area contributed by atoms with Crippen molar-refractivity contribution in [1.82, 2.24) is 5.43 Å². The Labute approximate surface area is 116 Å². The van der Waals surface area contributed by atoms with Gasteiger partial charge in [0.1, 0.15) is 0 Å². The zero-order valence-electron chi connectivity index (χ0n) is 10.5. The SMILES string of the molecule is Cc1cccc(NC(=NC2CCCC2)NN)c1Br. The highest BCUT2D eigenvalue weighted by molar-refractivity contribution is 9.10. The van der Waals surface area contributed by atoms with Crippen molar-refractivity contribution in [2.24, 2.45) is 10.8 Å². The lowest BCUT2D eigenvalue weighted by Crippen LogP contribution is -2.37. The van der Waals surface area contributed by atoms with Gasteiger partial charge in [0.15, 0.2) is 0 Å². The Balaban J connectivity index is 2.12. The van der Waals surface area contributed by atoms with E-state index >= 15 is 0 Å². The highest BCUT2D eigenvalue weighted by Gasteiger charge is 2.15. The maximum Gasteiger partial charge on any atom is 0.210 e. The van der Waals surface area contributed by atoms with E-state index in [4.69, 9.17) is 5.84 Å². The van der Waals surface area contributed by atoms with Gasteiger partial charge in [0.2, 0.25) is 5.96 Å². The first kappa shape index (κ1) is 13.4. The van der Waals surface area contributed by atoms with Crippen LogP contribution in [0.15, 0.2) is 27.7 Å². The van der Waals surface area contributed by atoms with E-state index in [0.29, 0.717) is 12.0 Å². The Bertz CT molecular complexity index is 439. The zero-order valence-corrected chi connectivity index (χ0v) is 12.1. The van der Waals surface area contributed by atoms with Crippen molar-refractivity contribution in [3.8, 4) is 0 Å². The molecule has 0 amide bonds. The van der Waals surface area contributed by atoms with E-state index in [2.05, 4.69) is 44.7 Å². The molecule has 2 rings (SSSR count). The molecule has 0 aromatic heterocycles. The number of aryl methyl sites for hydroxylation is 1. The van der Waals surface area contributed by atoms with Gasteiger partial charge in [-0.3, -0.25) is 5.43 Å². The van der Waals surface area contributed by atoms with E-state index in [9.17, 15) is 0 Å². The summed E-state index contributed by atoms with van der Waals surface area (Å²) < 4.78 is 1.04. The van der Waals surface area contributed by atoms with Crippen molar-refractivity contribution in [2.45, 2.75) is 38.6 Å². The summed E-state index contributed by atoms with van der Waals surface area (Å²) in [5.74, 6) is 6.16. The molecule has 4 nitrogen and oxygen atoms in total. The van der Waals surface area contributed by atoms with Gasteiger partial charge in [0.25, 0.3) is 0 Å². The first-order valence-corrected chi connectivity index (χ1v) is 7.06. The van der Waals surface area contributed by atoms with Crippen molar-refractivity contribution >= 4 is 27.6 Å². The number of aliphatic imine (C=N–C) groups is 1. The zero-order chi connectivity index (χ0) is 13.0. The van der Waals surface area contributed by atoms with Crippen LogP contribution in [-0.2, 0) is 0 Å². The number of hydrazine groups is 1. The van der Waals surface area contributed by atoms with Crippen LogP contribution in [0.2, 0.25) is 0 Å². The second kappa shape index (κ2) is 6.20. The molecule has 5 heteroatoms. The molecular formula is C13H19BrN4. The van der Waals surface area contributed by atoms with Gasteiger partial charge in [-0.1, -0.05) is 25.0 Å². The number of rotatable bonds is 2. The van der Waals surface area contributed by atoms with Crippen LogP contribution in [-0.4, -0.2) is 12.0 Å². The van der Waals surface area contributed by atoms with Crippen LogP contribution < -0.4 is 16.6 Å². The highest BCUT2D eigenvalue weighted by atomic mass is 79.9. The van der Waals surface area contributed by atoms with Gasteiger partial charge in [-0.15, -0.1) is 0 Å². The van der Waals surface area contributed by atoms with Gasteiger partial charge in [-0.05, 0) is 47.3 Å². The van der Waals surface area contributed by atoms with Crippen molar-refractivity contribution in [1.29, 1.82) is 0 Å². The predicted molar refractivity (Wildman–Crippen MR) is 79.5 cm³/mol. The molecular weight excluding hydrogens is 292 g/mol. The molecule has 1 fully saturated rings. The molecule has 0 radical (unpaired) electrons. The normalized spacial score (nSPS) is 16.9. The van der Waals surface area contributed by atoms with Crippen LogP contribution in [0.4, 0.5) is 5.69 Å². The molecule has 4 N–H and O–H groups in total. The lowest BCUT2D eigenvalue weighted by atomic mass is 10.2. The second-order valence-electron chi connectivity index (χ2n) is 4.62. The number of nitrogens with one attached hydrogen (secondary N) is 2. The van der Waals surface area contributed by atoms with Gasteiger partial charge < -0.3 is 5.32 Å². The Hall–Kier alpha value is -1.07. The first-order chi connectivity index (χ1) is 8.70. The lowest BCUT2D eigenvalue weighted by Gasteiger charge is -2.13. The maximum absolute atomic E-state index is 5.53. The highest BCUT2D eigenvalue weighted by Crippen LogP contribution is 2.26. The van der Waals surface area contributed by atoms with Crippen LogP contribution in [0.25, 0.3) is 0 Å². The Morgan fingerprint density at radius 3 is 2.78 bits per heavy atom. The summed E-state index contributed by atoms with van der Waals surface area (Å²) in [6.45, 7) is 2.05. The van der Waals surface area contributed by atoms with Crippen LogP contribution >= 0.6 is 15.9 Å². The maximum atomic E-state index is 5.53. The summed E-state index contributed by atoms with van der Waals surface area (Å²) in [7, 11) is 0. The number of anilines is 1. The molecule has 1 aliphatic rings. The molecule has 18 heavy (non-hydrogen) atoms. The van der Waals surface area contributed by atoms with Crippen molar-refractivity contribution in [3.63, 3.8) is 0 Å². The van der Waals surface area contributed by atoms with Gasteiger partial charge in [0.05, 0.1) is 11.7 Å². The standard InChI is InChI=1S/C13H19BrN4/c1-9-5-4-8-11(12(9)14)17-13(18-15)16-10-6-2-3-7-10/h4-5,8,10H,2-3,6-7,15H2,1H3,(H2,16,17,18). The quantitative estimate of drug-likeness (QED) is 0.341. The summed E-state index contributed by atoms with van der Waals surface area (Å²) in [4.78, 5) is 4.61. The molecule has 1 aliphatic carbocycles. The monoisotopic (exact) mass is 310 g/mol. The van der Waals surface area contributed by atoms with Crippen LogP contribution in [0, 0.1) is 6.92 Å². The molecule has 1 saturated carbocycles. The largest absolute Gasteiger partial charge is 0.324 e. The minimum absolute atomic E-state index is 0.395. The molecule has 0 bridgehead atoms. The van der Waals surface area contributed by atoms with E-state index in [0.717, 1.165) is 23.0 Å². The summed E-state index contributed by atoms with van der Waals surface area (Å²) >= 11 is 3.56. The average molecular weight is 311 g/mol. The predicted octanol–water partition coefficient (Wildman–Crippen LogP) is 2.93. The molecule has 1 aromatic carbocycles. The third-order valence-corrected chi connectivity index (χ3v) is 4.27. The Morgan fingerprint density at radius 1 is 1.39 bits per heavy atom. The summed E-state index contributed by atoms with van der Waals surface area (Å²) in [5, 5.41) is 3.23. The van der Waals surface area contributed by atoms with Gasteiger partial charge in [0, 0.05) is 4.47 Å². The number of nitrogens with zero attached hydrogens (tertiary/aromatic N) is 1. The number of benzene rings is 1. The minimum Gasteiger partial charge on any atom is -0.324 e. The second-order valence-corrected chi connectivity index (χ2v) is 5.41. The summed E-state index contributed by atoms with van der Waals surface area (Å²) in [6.07, 6.45) is 4.84. The minimum atomic E-state index is 0.395. The molecule has 1 aromatic rings. The van der Waals surface area contributed by atoms with E-state index in [1.807, 2.05) is 12.1 Å². The molecule has 0 spiro atoms. The molecule has 0 atom stereocenters. The Kier molecular flexibility index (Phi) is 4.60. The topological polar surface area (TPSA) is 62.4 Å². The fraction of sp³-hybridized carbons (Fsp3) is 0.462. The first-order valence-electron chi connectivity index (χ1n) is 6.27. The van der Waals surface area contributed by atoms with Crippen molar-refractivity contribution < 1.29 is 0 Å². The Morgan fingerprint density at radius 2 is 2.11 bits per heavy atom. The molecule has 0 saturated heterocycles. The summed E-state index contributed by atoms with van der Waals surface area (Å²) in [6, 6.07) is 6.45. The van der Waals surface area contributed by atoms with Crippen LogP contribution in [0.1, 0.15) is 31.2 Å². The van der Waals surface area contributed by atoms with Crippen LogP contribution in [0.3, 0.4) is 0 Å². The van der Waals surface area contributed by atoms with E-state index in [1.54, 1.807) is 0 Å². The van der Waals surface area contributed by atoms with Gasteiger partial charge >= 0.3 is 0 Å². The fourth-order valence-corrected chi connectivity index (χ4v) is 2.56. The molecule has 0 aliphatic heterocycles. The third-order valence-electron chi connectivity index (χ3n) is 3.22. The molecule has 0 unspecified atom stereocenters. The number of nitrogens with two attached hydrogens (primary N) is 1. The summed E-state index contributed by atoms with van der Waals surface area (Å²) in [5.41, 5.74) is 4.80. The number of halogens is 1. The molecule has 98 valence electrons. The van der Waals surface area contributed by atoms with E-state index in [-0.39, 0.29) is 0 Å². The van der Waals surface area contributed by atoms with Crippen LogP contribution in [0.5, 0.6) is 0 Å². The van der Waals surface area contributed by atoms with Gasteiger partial charge in [-0.25, -0.2) is 10.8 Å². The fourth-order valence-electron chi connectivity index (χ4n) is 2.19. The van der Waals surface area contributed by atoms with E-state index < -0.39 is 0 Å². The van der Waals surface area contributed by atoms with E-state index in [1.165, 1.54) is 18.4 Å². The third kappa shape index (κ3) is 3.23. The number of hydrogen-bond donors (Lipinski definition) is 3. The van der Waals surface area contributed by atoms with Crippen molar-refractivity contribution in [3.05, 3.63) is 28.2 Å². The smallest absolute Gasteiger partial charge is 0.210 e. The lowest BCUT2D eigenvalue weighted by molar-refractivity contribution is 0.700. The number of guanidine groups is 1. The average Bonchev–Trinajstić information content (AvgIpc) is 2.86. The molecule has 0 heterocycles. The van der Waals surface area contributed by atoms with Crippen molar-refractivity contribution in [2.75, 3.05) is 5.32 Å². The van der Waals surface area contributed by atoms with Gasteiger partial charge in [-0.2, -0.15) is 0 Å².